The number of rotatable bonds is 6. The number of methoxy groups -OCH3 is 1. The molecule has 1 atom stereocenters. The summed E-state index contributed by atoms with van der Waals surface area (Å²) >= 11 is 3.40. The molecule has 1 heterocycles. The van der Waals surface area contributed by atoms with Gasteiger partial charge in [0.2, 0.25) is 5.91 Å². The Labute approximate surface area is 180 Å². The number of fused-ring (bicyclic) bond motifs is 1. The van der Waals surface area contributed by atoms with Crippen LogP contribution in [0.4, 0.5) is 10.5 Å². The zero-order chi connectivity index (χ0) is 20.8. The lowest BCUT2D eigenvalue weighted by atomic mass is 9.93. The van der Waals surface area contributed by atoms with Crippen LogP contribution in [0.25, 0.3) is 0 Å². The van der Waals surface area contributed by atoms with Gasteiger partial charge in [0.1, 0.15) is 6.54 Å². The van der Waals surface area contributed by atoms with E-state index in [1.54, 1.807) is 7.11 Å². The first kappa shape index (κ1) is 21.3. The van der Waals surface area contributed by atoms with Crippen molar-refractivity contribution in [1.82, 2.24) is 9.80 Å². The van der Waals surface area contributed by atoms with Gasteiger partial charge in [-0.05, 0) is 42.7 Å². The highest BCUT2D eigenvalue weighted by atomic mass is 79.9. The molecule has 0 spiro atoms. The van der Waals surface area contributed by atoms with Gasteiger partial charge in [-0.2, -0.15) is 0 Å². The molecule has 1 aliphatic heterocycles. The first-order chi connectivity index (χ1) is 14.0. The van der Waals surface area contributed by atoms with Crippen LogP contribution >= 0.6 is 15.9 Å². The van der Waals surface area contributed by atoms with E-state index in [9.17, 15) is 9.59 Å². The first-order valence-corrected chi connectivity index (χ1v) is 10.5. The summed E-state index contributed by atoms with van der Waals surface area (Å²) in [7, 11) is 1.58. The largest absolute Gasteiger partial charge is 0.383 e. The van der Waals surface area contributed by atoms with E-state index in [4.69, 9.17) is 4.74 Å². The van der Waals surface area contributed by atoms with Crippen LogP contribution in [-0.4, -0.2) is 55.1 Å². The molecule has 0 radical (unpaired) electrons. The lowest BCUT2D eigenvalue weighted by Gasteiger charge is -2.36. The van der Waals surface area contributed by atoms with Crippen LogP contribution < -0.4 is 5.32 Å². The molecule has 0 aromatic heterocycles. The molecule has 0 aliphatic carbocycles. The number of ether oxygens (including phenoxy) is 1. The second kappa shape index (κ2) is 9.89. The zero-order valence-corrected chi connectivity index (χ0v) is 18.3. The predicted molar refractivity (Wildman–Crippen MR) is 117 cm³/mol. The van der Waals surface area contributed by atoms with Crippen molar-refractivity contribution in [3.63, 3.8) is 0 Å². The normalized spacial score (nSPS) is 15.6. The number of amides is 3. The van der Waals surface area contributed by atoms with Crippen LogP contribution in [-0.2, 0) is 16.0 Å². The quantitative estimate of drug-likeness (QED) is 0.707. The fourth-order valence-corrected chi connectivity index (χ4v) is 3.99. The van der Waals surface area contributed by atoms with Gasteiger partial charge in [0.05, 0.1) is 12.6 Å². The highest BCUT2D eigenvalue weighted by Crippen LogP contribution is 2.29. The molecule has 0 saturated carbocycles. The lowest BCUT2D eigenvalue weighted by Crippen LogP contribution is -2.48. The molecule has 1 aliphatic rings. The Bertz CT molecular complexity index is 874. The summed E-state index contributed by atoms with van der Waals surface area (Å²) in [5.74, 6) is -0.0625. The van der Waals surface area contributed by atoms with Crippen molar-refractivity contribution in [2.75, 3.05) is 38.7 Å². The number of nitrogens with one attached hydrogen (secondary N) is 1. The maximum Gasteiger partial charge on any atom is 0.322 e. The molecule has 0 fully saturated rings. The van der Waals surface area contributed by atoms with Gasteiger partial charge in [-0.1, -0.05) is 46.3 Å². The highest BCUT2D eigenvalue weighted by molar-refractivity contribution is 9.10. The Balaban J connectivity index is 1.69. The minimum absolute atomic E-state index is 0.00938. The summed E-state index contributed by atoms with van der Waals surface area (Å²) in [6, 6.07) is 15.2. The van der Waals surface area contributed by atoms with Gasteiger partial charge in [-0.25, -0.2) is 4.79 Å². The number of carbonyl (C=O) groups is 2. The van der Waals surface area contributed by atoms with Gasteiger partial charge in [-0.3, -0.25) is 4.79 Å². The summed E-state index contributed by atoms with van der Waals surface area (Å²) in [5, 5.41) is 2.86. The van der Waals surface area contributed by atoms with Crippen molar-refractivity contribution < 1.29 is 14.3 Å². The van der Waals surface area contributed by atoms with Crippen molar-refractivity contribution >= 4 is 33.6 Å². The third-order valence-electron chi connectivity index (χ3n) is 5.17. The summed E-state index contributed by atoms with van der Waals surface area (Å²) < 4.78 is 6.00. The minimum atomic E-state index is -0.321. The van der Waals surface area contributed by atoms with E-state index < -0.39 is 0 Å². The average Bonchev–Trinajstić information content (AvgIpc) is 2.71. The number of anilines is 1. The summed E-state index contributed by atoms with van der Waals surface area (Å²) in [5.41, 5.74) is 3.13. The van der Waals surface area contributed by atoms with Crippen LogP contribution in [0.1, 0.15) is 24.1 Å². The molecule has 154 valence electrons. The lowest BCUT2D eigenvalue weighted by molar-refractivity contribution is -0.134. The fraction of sp³-hybridized carbons (Fsp3) is 0.364. The SMILES string of the molecule is COCCN(CC(=O)N1CCc2ccccc2C1C)C(=O)Nc1cccc(Br)c1. The maximum atomic E-state index is 13.1. The van der Waals surface area contributed by atoms with Crippen LogP contribution in [0.15, 0.2) is 53.0 Å². The molecule has 0 saturated heterocycles. The van der Waals surface area contributed by atoms with E-state index in [1.165, 1.54) is 16.0 Å². The van der Waals surface area contributed by atoms with Gasteiger partial charge in [0, 0.05) is 30.4 Å². The van der Waals surface area contributed by atoms with Crippen LogP contribution in [0.3, 0.4) is 0 Å². The van der Waals surface area contributed by atoms with Gasteiger partial charge in [0.15, 0.2) is 0 Å². The molecule has 7 heteroatoms. The standard InChI is InChI=1S/C22H26BrN3O3/c1-16-20-9-4-3-6-17(20)10-11-26(16)21(27)15-25(12-13-29-2)22(28)24-19-8-5-7-18(23)14-19/h3-9,14,16H,10-13,15H2,1-2H3,(H,24,28). The van der Waals surface area contributed by atoms with Gasteiger partial charge in [-0.15, -0.1) is 0 Å². The number of halogens is 1. The van der Waals surface area contributed by atoms with E-state index in [2.05, 4.69) is 33.4 Å². The molecular weight excluding hydrogens is 434 g/mol. The van der Waals surface area contributed by atoms with E-state index >= 15 is 0 Å². The number of benzene rings is 2. The van der Waals surface area contributed by atoms with Crippen molar-refractivity contribution in [3.8, 4) is 0 Å². The number of carbonyl (C=O) groups excluding carboxylic acids is 2. The average molecular weight is 460 g/mol. The van der Waals surface area contributed by atoms with Crippen LogP contribution in [0.5, 0.6) is 0 Å². The summed E-state index contributed by atoms with van der Waals surface area (Å²) in [6.07, 6.45) is 0.828. The zero-order valence-electron chi connectivity index (χ0n) is 16.7. The van der Waals surface area contributed by atoms with Crippen LogP contribution in [0, 0.1) is 0 Å². The molecule has 2 aromatic carbocycles. The third kappa shape index (κ3) is 5.36. The van der Waals surface area contributed by atoms with Crippen molar-refractivity contribution in [3.05, 3.63) is 64.1 Å². The molecule has 29 heavy (non-hydrogen) atoms. The Morgan fingerprint density at radius 2 is 2.03 bits per heavy atom. The number of nitrogens with zero attached hydrogens (tertiary/aromatic N) is 2. The van der Waals surface area contributed by atoms with E-state index in [0.717, 1.165) is 10.9 Å². The molecule has 3 rings (SSSR count). The molecule has 3 amide bonds. The predicted octanol–water partition coefficient (Wildman–Crippen LogP) is 4.08. The molecule has 6 nitrogen and oxygen atoms in total. The monoisotopic (exact) mass is 459 g/mol. The van der Waals surface area contributed by atoms with Gasteiger partial charge in [0.25, 0.3) is 0 Å². The topological polar surface area (TPSA) is 61.9 Å². The molecule has 1 N–H and O–H groups in total. The van der Waals surface area contributed by atoms with E-state index in [-0.39, 0.29) is 24.5 Å². The summed E-state index contributed by atoms with van der Waals surface area (Å²) in [4.78, 5) is 29.2. The highest BCUT2D eigenvalue weighted by Gasteiger charge is 2.29. The van der Waals surface area contributed by atoms with E-state index in [0.29, 0.717) is 25.4 Å². The molecular formula is C22H26BrN3O3. The molecule has 1 unspecified atom stereocenters. The second-order valence-corrected chi connectivity index (χ2v) is 7.98. The Hall–Kier alpha value is -2.38. The molecule has 2 aromatic rings. The Morgan fingerprint density at radius 3 is 2.79 bits per heavy atom. The smallest absolute Gasteiger partial charge is 0.322 e. The second-order valence-electron chi connectivity index (χ2n) is 7.07. The third-order valence-corrected chi connectivity index (χ3v) is 5.66. The van der Waals surface area contributed by atoms with Crippen molar-refractivity contribution in [1.29, 1.82) is 0 Å². The molecule has 0 bridgehead atoms. The Morgan fingerprint density at radius 1 is 1.24 bits per heavy atom. The fourth-order valence-electron chi connectivity index (χ4n) is 3.59. The van der Waals surface area contributed by atoms with Gasteiger partial charge >= 0.3 is 6.03 Å². The van der Waals surface area contributed by atoms with Crippen molar-refractivity contribution in [2.45, 2.75) is 19.4 Å². The van der Waals surface area contributed by atoms with Crippen molar-refractivity contribution in [2.24, 2.45) is 0 Å². The Kier molecular flexibility index (Phi) is 7.28. The number of urea groups is 1. The summed E-state index contributed by atoms with van der Waals surface area (Å²) in [6.45, 7) is 3.40. The van der Waals surface area contributed by atoms with Gasteiger partial charge < -0.3 is 19.9 Å². The maximum absolute atomic E-state index is 13.1. The first-order valence-electron chi connectivity index (χ1n) is 9.67. The minimum Gasteiger partial charge on any atom is -0.383 e. The van der Waals surface area contributed by atoms with E-state index in [1.807, 2.05) is 48.2 Å². The number of hydrogen-bond acceptors (Lipinski definition) is 3. The number of hydrogen-bond donors (Lipinski definition) is 1. The van der Waals surface area contributed by atoms with Crippen LogP contribution in [0.2, 0.25) is 0 Å².